The fourth-order valence-corrected chi connectivity index (χ4v) is 3.25. The maximum Gasteiger partial charge on any atom is 0.126 e. The molecule has 0 aliphatic heterocycles. The lowest BCUT2D eigenvalue weighted by molar-refractivity contribution is -0.0157. The second-order valence-electron chi connectivity index (χ2n) is 6.19. The van der Waals surface area contributed by atoms with Crippen molar-refractivity contribution in [2.24, 2.45) is 0 Å². The number of para-hydroxylation sites is 2. The average Bonchev–Trinajstić information content (AvgIpc) is 2.63. The monoisotopic (exact) mass is 327 g/mol. The molecule has 1 saturated carbocycles. The lowest BCUT2D eigenvalue weighted by Crippen LogP contribution is -2.50. The predicted octanol–water partition coefficient (Wildman–Crippen LogP) is 3.15. The molecule has 2 N–H and O–H groups in total. The summed E-state index contributed by atoms with van der Waals surface area (Å²) in [6.45, 7) is 0.670. The lowest BCUT2D eigenvalue weighted by atomic mass is 9.89. The van der Waals surface area contributed by atoms with E-state index in [1.807, 2.05) is 54.6 Å². The zero-order valence-corrected chi connectivity index (χ0v) is 14.0. The first kappa shape index (κ1) is 16.8. The average molecular weight is 327 g/mol. The van der Waals surface area contributed by atoms with Crippen molar-refractivity contribution in [3.63, 3.8) is 0 Å². The van der Waals surface area contributed by atoms with Crippen molar-refractivity contribution < 1.29 is 14.6 Å². The molecule has 0 bridgehead atoms. The van der Waals surface area contributed by atoms with E-state index in [4.69, 9.17) is 9.47 Å². The summed E-state index contributed by atoms with van der Waals surface area (Å²) in [4.78, 5) is 0. The van der Waals surface area contributed by atoms with Crippen LogP contribution in [0.4, 0.5) is 0 Å². The van der Waals surface area contributed by atoms with Crippen molar-refractivity contribution in [3.8, 4) is 11.5 Å². The Bertz CT molecular complexity index is 632. The molecule has 3 atom stereocenters. The fraction of sp³-hybridized carbons (Fsp3) is 0.400. The quantitative estimate of drug-likeness (QED) is 0.856. The van der Waals surface area contributed by atoms with Crippen LogP contribution in [0, 0.1) is 0 Å². The zero-order chi connectivity index (χ0) is 16.8. The van der Waals surface area contributed by atoms with E-state index in [9.17, 15) is 5.11 Å². The predicted molar refractivity (Wildman–Crippen MR) is 94.3 cm³/mol. The third-order valence-electron chi connectivity index (χ3n) is 4.57. The van der Waals surface area contributed by atoms with Crippen LogP contribution in [0.15, 0.2) is 54.6 Å². The van der Waals surface area contributed by atoms with Crippen molar-refractivity contribution in [3.05, 3.63) is 60.2 Å². The Balaban J connectivity index is 1.59. The molecule has 1 aliphatic rings. The molecule has 0 unspecified atom stereocenters. The van der Waals surface area contributed by atoms with Crippen LogP contribution in [0.25, 0.3) is 0 Å². The van der Waals surface area contributed by atoms with Gasteiger partial charge in [-0.2, -0.15) is 0 Å². The molecule has 3 rings (SSSR count). The minimum atomic E-state index is -0.520. The second-order valence-corrected chi connectivity index (χ2v) is 6.19. The summed E-state index contributed by atoms with van der Waals surface area (Å²) in [6, 6.07) is 17.7. The molecule has 4 heteroatoms. The number of nitrogens with one attached hydrogen (secondary N) is 1. The number of rotatable bonds is 6. The highest BCUT2D eigenvalue weighted by molar-refractivity contribution is 5.33. The van der Waals surface area contributed by atoms with Gasteiger partial charge >= 0.3 is 0 Å². The molecule has 0 amide bonds. The molecule has 0 spiro atoms. The highest BCUT2D eigenvalue weighted by atomic mass is 16.5. The van der Waals surface area contributed by atoms with E-state index >= 15 is 0 Å². The van der Waals surface area contributed by atoms with Crippen molar-refractivity contribution in [1.82, 2.24) is 5.32 Å². The number of aliphatic hydroxyl groups excluding tert-OH is 1. The minimum Gasteiger partial charge on any atom is -0.496 e. The van der Waals surface area contributed by atoms with Gasteiger partial charge in [0.1, 0.15) is 23.7 Å². The molecular formula is C20H25NO3. The van der Waals surface area contributed by atoms with Crippen molar-refractivity contribution in [2.75, 3.05) is 7.11 Å². The molecule has 2 aromatic rings. The first-order valence-electron chi connectivity index (χ1n) is 8.53. The van der Waals surface area contributed by atoms with Gasteiger partial charge in [0.25, 0.3) is 0 Å². The molecule has 24 heavy (non-hydrogen) atoms. The third kappa shape index (κ3) is 4.08. The van der Waals surface area contributed by atoms with Gasteiger partial charge in [-0.05, 0) is 37.5 Å². The van der Waals surface area contributed by atoms with Crippen LogP contribution in [-0.2, 0) is 6.54 Å². The van der Waals surface area contributed by atoms with Gasteiger partial charge in [0.2, 0.25) is 0 Å². The summed E-state index contributed by atoms with van der Waals surface area (Å²) < 4.78 is 11.4. The topological polar surface area (TPSA) is 50.7 Å². The van der Waals surface area contributed by atoms with E-state index < -0.39 is 6.10 Å². The third-order valence-corrected chi connectivity index (χ3v) is 4.57. The minimum absolute atomic E-state index is 0.0253. The van der Waals surface area contributed by atoms with Crippen LogP contribution in [0.1, 0.15) is 24.8 Å². The van der Waals surface area contributed by atoms with E-state index in [-0.39, 0.29) is 12.1 Å². The van der Waals surface area contributed by atoms with Crippen LogP contribution < -0.4 is 14.8 Å². The summed E-state index contributed by atoms with van der Waals surface area (Å²) in [6.07, 6.45) is 2.18. The number of methoxy groups -OCH3 is 1. The van der Waals surface area contributed by atoms with E-state index in [2.05, 4.69) is 5.32 Å². The first-order chi connectivity index (χ1) is 11.8. The van der Waals surface area contributed by atoms with Gasteiger partial charge in [0, 0.05) is 18.2 Å². The van der Waals surface area contributed by atoms with Crippen LogP contribution in [0.2, 0.25) is 0 Å². The number of hydrogen-bond donors (Lipinski definition) is 2. The van der Waals surface area contributed by atoms with Gasteiger partial charge < -0.3 is 19.9 Å². The standard InChI is InChI=1S/C20H25NO3/c1-23-18-12-6-5-8-15(18)14-21-17-11-7-13-19(20(17)22)24-16-9-3-2-4-10-16/h2-6,8-10,12,17,19-22H,7,11,13-14H2,1H3/t17-,19+,20+/m0/s1. The van der Waals surface area contributed by atoms with Gasteiger partial charge in [0.15, 0.2) is 0 Å². The van der Waals surface area contributed by atoms with E-state index in [1.165, 1.54) is 0 Å². The van der Waals surface area contributed by atoms with Crippen LogP contribution >= 0.6 is 0 Å². The molecule has 128 valence electrons. The maximum atomic E-state index is 10.7. The van der Waals surface area contributed by atoms with Crippen LogP contribution in [0.3, 0.4) is 0 Å². The molecule has 2 aromatic carbocycles. The Labute approximate surface area is 143 Å². The van der Waals surface area contributed by atoms with Gasteiger partial charge in [0.05, 0.1) is 7.11 Å². The largest absolute Gasteiger partial charge is 0.496 e. The molecular weight excluding hydrogens is 302 g/mol. The van der Waals surface area contributed by atoms with Gasteiger partial charge in [-0.3, -0.25) is 0 Å². The molecule has 0 aromatic heterocycles. The van der Waals surface area contributed by atoms with Gasteiger partial charge in [-0.25, -0.2) is 0 Å². The normalized spacial score (nSPS) is 23.7. The fourth-order valence-electron chi connectivity index (χ4n) is 3.25. The lowest BCUT2D eigenvalue weighted by Gasteiger charge is -2.35. The zero-order valence-electron chi connectivity index (χ0n) is 14.0. The van der Waals surface area contributed by atoms with Crippen molar-refractivity contribution in [2.45, 2.75) is 44.1 Å². The Morgan fingerprint density at radius 3 is 2.58 bits per heavy atom. The Kier molecular flexibility index (Phi) is 5.72. The maximum absolute atomic E-state index is 10.7. The molecule has 0 radical (unpaired) electrons. The summed E-state index contributed by atoms with van der Waals surface area (Å²) in [5.41, 5.74) is 1.10. The molecule has 1 fully saturated rings. The molecule has 0 saturated heterocycles. The SMILES string of the molecule is COc1ccccc1CN[C@H]1CCC[C@@H](Oc2ccccc2)[C@@H]1O. The van der Waals surface area contributed by atoms with Crippen molar-refractivity contribution >= 4 is 0 Å². The van der Waals surface area contributed by atoms with Gasteiger partial charge in [-0.15, -0.1) is 0 Å². The first-order valence-corrected chi connectivity index (χ1v) is 8.53. The molecule has 1 aliphatic carbocycles. The summed E-state index contributed by atoms with van der Waals surface area (Å²) in [7, 11) is 1.68. The van der Waals surface area contributed by atoms with E-state index in [0.29, 0.717) is 6.54 Å². The van der Waals surface area contributed by atoms with Crippen LogP contribution in [-0.4, -0.2) is 30.5 Å². The number of ether oxygens (including phenoxy) is 2. The highest BCUT2D eigenvalue weighted by Gasteiger charge is 2.33. The van der Waals surface area contributed by atoms with E-state index in [1.54, 1.807) is 7.11 Å². The number of benzene rings is 2. The van der Waals surface area contributed by atoms with Gasteiger partial charge in [-0.1, -0.05) is 36.4 Å². The Hall–Kier alpha value is -2.04. The summed E-state index contributed by atoms with van der Waals surface area (Å²) >= 11 is 0. The number of aliphatic hydroxyl groups is 1. The highest BCUT2D eigenvalue weighted by Crippen LogP contribution is 2.25. The Morgan fingerprint density at radius 1 is 1.04 bits per heavy atom. The molecule has 0 heterocycles. The smallest absolute Gasteiger partial charge is 0.126 e. The summed E-state index contributed by atoms with van der Waals surface area (Å²) in [5.74, 6) is 1.68. The number of hydrogen-bond acceptors (Lipinski definition) is 4. The van der Waals surface area contributed by atoms with Crippen LogP contribution in [0.5, 0.6) is 11.5 Å². The molecule has 4 nitrogen and oxygen atoms in total. The van der Waals surface area contributed by atoms with Crippen molar-refractivity contribution in [1.29, 1.82) is 0 Å². The van der Waals surface area contributed by atoms with E-state index in [0.717, 1.165) is 36.3 Å². The second kappa shape index (κ2) is 8.18. The summed E-state index contributed by atoms with van der Waals surface area (Å²) in [5, 5.41) is 14.1. The Morgan fingerprint density at radius 2 is 1.79 bits per heavy atom.